The molecule has 0 radical (unpaired) electrons. The Morgan fingerprint density at radius 2 is 2.10 bits per heavy atom. The molecule has 1 atom stereocenters. The van der Waals surface area contributed by atoms with Crippen LogP contribution >= 0.6 is 37.0 Å². The summed E-state index contributed by atoms with van der Waals surface area (Å²) in [6.45, 7) is 2.22. The summed E-state index contributed by atoms with van der Waals surface area (Å²) in [6.07, 6.45) is 2.56. The third kappa shape index (κ3) is 5.81. The lowest BCUT2D eigenvalue weighted by Crippen LogP contribution is -2.05. The SMILES string of the molecule is CCCC(CS)SCCS. The Morgan fingerprint density at radius 3 is 2.50 bits per heavy atom. The lowest BCUT2D eigenvalue weighted by Gasteiger charge is -2.10. The predicted octanol–water partition coefficient (Wildman–Crippen LogP) is 2.75. The third-order valence-corrected chi connectivity index (χ3v) is 3.79. The van der Waals surface area contributed by atoms with Crippen molar-refractivity contribution in [2.75, 3.05) is 17.3 Å². The molecule has 0 bridgehead atoms. The highest BCUT2D eigenvalue weighted by atomic mass is 32.2. The molecule has 0 rings (SSSR count). The fraction of sp³-hybridized carbons (Fsp3) is 1.00. The van der Waals surface area contributed by atoms with Crippen molar-refractivity contribution in [3.05, 3.63) is 0 Å². The highest BCUT2D eigenvalue weighted by molar-refractivity contribution is 8.01. The molecular formula is C7H16S3. The second-order valence-electron chi connectivity index (χ2n) is 2.19. The number of hydrogen-bond acceptors (Lipinski definition) is 3. The molecule has 0 aliphatic rings. The Balaban J connectivity index is 3.21. The van der Waals surface area contributed by atoms with E-state index in [9.17, 15) is 0 Å². The second kappa shape index (κ2) is 8.15. The van der Waals surface area contributed by atoms with Gasteiger partial charge in [0.15, 0.2) is 0 Å². The first-order valence-corrected chi connectivity index (χ1v) is 5.99. The molecule has 3 heteroatoms. The van der Waals surface area contributed by atoms with Crippen LogP contribution in [0, 0.1) is 0 Å². The van der Waals surface area contributed by atoms with Gasteiger partial charge in [-0.2, -0.15) is 37.0 Å². The van der Waals surface area contributed by atoms with Gasteiger partial charge in [-0.3, -0.25) is 0 Å². The standard InChI is InChI=1S/C7H16S3/c1-2-3-7(6-9)10-5-4-8/h7-9H,2-6H2,1H3. The van der Waals surface area contributed by atoms with E-state index in [1.54, 1.807) is 0 Å². The van der Waals surface area contributed by atoms with E-state index in [-0.39, 0.29) is 0 Å². The third-order valence-electron chi connectivity index (χ3n) is 1.26. The van der Waals surface area contributed by atoms with Crippen LogP contribution in [0.2, 0.25) is 0 Å². The molecule has 0 aromatic heterocycles. The molecule has 0 N–H and O–H groups in total. The van der Waals surface area contributed by atoms with Crippen molar-refractivity contribution in [3.8, 4) is 0 Å². The average molecular weight is 196 g/mol. The van der Waals surface area contributed by atoms with E-state index in [2.05, 4.69) is 32.2 Å². The van der Waals surface area contributed by atoms with Crippen molar-refractivity contribution in [2.45, 2.75) is 25.0 Å². The zero-order valence-corrected chi connectivity index (χ0v) is 9.02. The molecule has 10 heavy (non-hydrogen) atoms. The summed E-state index contributed by atoms with van der Waals surface area (Å²) in [5, 5.41) is 0.750. The Bertz CT molecular complexity index is 65.9. The van der Waals surface area contributed by atoms with Crippen molar-refractivity contribution in [1.82, 2.24) is 0 Å². The van der Waals surface area contributed by atoms with Gasteiger partial charge < -0.3 is 0 Å². The number of thioether (sulfide) groups is 1. The van der Waals surface area contributed by atoms with Crippen LogP contribution < -0.4 is 0 Å². The van der Waals surface area contributed by atoms with Crippen molar-refractivity contribution in [1.29, 1.82) is 0 Å². The van der Waals surface area contributed by atoms with Crippen LogP contribution in [0.1, 0.15) is 19.8 Å². The number of rotatable bonds is 6. The van der Waals surface area contributed by atoms with Gasteiger partial charge in [0.05, 0.1) is 0 Å². The maximum Gasteiger partial charge on any atom is 0.0135 e. The van der Waals surface area contributed by atoms with Crippen molar-refractivity contribution < 1.29 is 0 Å². The lowest BCUT2D eigenvalue weighted by atomic mass is 10.3. The van der Waals surface area contributed by atoms with Gasteiger partial charge in [0, 0.05) is 16.8 Å². The molecule has 0 spiro atoms. The van der Waals surface area contributed by atoms with Gasteiger partial charge in [0.25, 0.3) is 0 Å². The predicted molar refractivity (Wildman–Crippen MR) is 58.9 cm³/mol. The van der Waals surface area contributed by atoms with E-state index < -0.39 is 0 Å². The van der Waals surface area contributed by atoms with E-state index in [1.807, 2.05) is 11.8 Å². The van der Waals surface area contributed by atoms with E-state index in [0.29, 0.717) is 0 Å². The molecule has 1 unspecified atom stereocenters. The fourth-order valence-electron chi connectivity index (χ4n) is 0.769. The Morgan fingerprint density at radius 1 is 1.40 bits per heavy atom. The monoisotopic (exact) mass is 196 g/mol. The zero-order chi connectivity index (χ0) is 7.82. The first-order valence-electron chi connectivity index (χ1n) is 3.68. The van der Waals surface area contributed by atoms with E-state index in [0.717, 1.165) is 22.5 Å². The minimum atomic E-state index is 0.750. The molecule has 0 saturated carbocycles. The maximum atomic E-state index is 4.28. The first-order chi connectivity index (χ1) is 4.85. The van der Waals surface area contributed by atoms with Crippen LogP contribution in [-0.4, -0.2) is 22.5 Å². The number of hydrogen-bond donors (Lipinski definition) is 2. The zero-order valence-electron chi connectivity index (χ0n) is 6.42. The summed E-state index contributed by atoms with van der Waals surface area (Å²) in [4.78, 5) is 0. The molecular weight excluding hydrogens is 180 g/mol. The summed E-state index contributed by atoms with van der Waals surface area (Å²) in [7, 11) is 0. The van der Waals surface area contributed by atoms with Gasteiger partial charge >= 0.3 is 0 Å². The van der Waals surface area contributed by atoms with Crippen LogP contribution in [0.5, 0.6) is 0 Å². The topological polar surface area (TPSA) is 0 Å². The van der Waals surface area contributed by atoms with Gasteiger partial charge in [-0.15, -0.1) is 0 Å². The van der Waals surface area contributed by atoms with Crippen LogP contribution in [0.25, 0.3) is 0 Å². The van der Waals surface area contributed by atoms with E-state index >= 15 is 0 Å². The lowest BCUT2D eigenvalue weighted by molar-refractivity contribution is 0.795. The Hall–Kier alpha value is 1.05. The van der Waals surface area contributed by atoms with E-state index in [4.69, 9.17) is 0 Å². The summed E-state index contributed by atoms with van der Waals surface area (Å²) in [6, 6.07) is 0. The van der Waals surface area contributed by atoms with E-state index in [1.165, 1.54) is 12.8 Å². The Kier molecular flexibility index (Phi) is 9.01. The molecule has 0 amide bonds. The van der Waals surface area contributed by atoms with Crippen LogP contribution in [-0.2, 0) is 0 Å². The van der Waals surface area contributed by atoms with Crippen molar-refractivity contribution in [3.63, 3.8) is 0 Å². The van der Waals surface area contributed by atoms with Crippen molar-refractivity contribution >= 4 is 37.0 Å². The highest BCUT2D eigenvalue weighted by Crippen LogP contribution is 2.17. The summed E-state index contributed by atoms with van der Waals surface area (Å²) in [5.41, 5.74) is 0. The summed E-state index contributed by atoms with van der Waals surface area (Å²) >= 11 is 10.4. The largest absolute Gasteiger partial charge is 0.179 e. The van der Waals surface area contributed by atoms with Crippen LogP contribution in [0.15, 0.2) is 0 Å². The Labute approximate surface area is 79.4 Å². The molecule has 0 aromatic rings. The van der Waals surface area contributed by atoms with Gasteiger partial charge in [-0.25, -0.2) is 0 Å². The van der Waals surface area contributed by atoms with Crippen molar-refractivity contribution in [2.24, 2.45) is 0 Å². The molecule has 0 aromatic carbocycles. The first kappa shape index (κ1) is 11.1. The van der Waals surface area contributed by atoms with Crippen LogP contribution in [0.3, 0.4) is 0 Å². The van der Waals surface area contributed by atoms with Crippen LogP contribution in [0.4, 0.5) is 0 Å². The maximum absolute atomic E-state index is 4.28. The fourth-order valence-corrected chi connectivity index (χ4v) is 2.53. The highest BCUT2D eigenvalue weighted by Gasteiger charge is 2.03. The molecule has 0 heterocycles. The van der Waals surface area contributed by atoms with Gasteiger partial charge in [0.1, 0.15) is 0 Å². The number of thiol groups is 2. The van der Waals surface area contributed by atoms with Gasteiger partial charge in [-0.1, -0.05) is 13.3 Å². The minimum Gasteiger partial charge on any atom is -0.179 e. The van der Waals surface area contributed by atoms with Gasteiger partial charge in [-0.05, 0) is 12.2 Å². The summed E-state index contributed by atoms with van der Waals surface area (Å²) in [5.74, 6) is 3.15. The van der Waals surface area contributed by atoms with Gasteiger partial charge in [0.2, 0.25) is 0 Å². The minimum absolute atomic E-state index is 0.750. The molecule has 0 fully saturated rings. The average Bonchev–Trinajstić information content (AvgIpc) is 1.98. The quantitative estimate of drug-likeness (QED) is 0.616. The smallest absolute Gasteiger partial charge is 0.0135 e. The molecule has 0 nitrogen and oxygen atoms in total. The molecule has 0 aliphatic heterocycles. The summed E-state index contributed by atoms with van der Waals surface area (Å²) < 4.78 is 0. The second-order valence-corrected chi connectivity index (χ2v) is 4.41. The molecule has 62 valence electrons. The normalized spacial score (nSPS) is 13.5. The molecule has 0 saturated heterocycles. The molecule has 0 aliphatic carbocycles.